The smallest absolute Gasteiger partial charge is 0.226 e. The number of benzene rings is 1. The SMILES string of the molecule is N#Cc1nccnc1N1CCc2oc(-c3ccccc3)nc2C1. The molecule has 0 spiro atoms. The van der Waals surface area contributed by atoms with E-state index in [-0.39, 0.29) is 0 Å². The van der Waals surface area contributed by atoms with Crippen LogP contribution in [0.1, 0.15) is 17.1 Å². The van der Waals surface area contributed by atoms with Crippen molar-refractivity contribution in [3.63, 3.8) is 0 Å². The van der Waals surface area contributed by atoms with Crippen molar-refractivity contribution in [3.05, 3.63) is 59.9 Å². The third-order valence-corrected chi connectivity index (χ3v) is 3.83. The number of rotatable bonds is 2. The second-order valence-corrected chi connectivity index (χ2v) is 5.27. The molecule has 0 saturated carbocycles. The molecule has 0 saturated heterocycles. The van der Waals surface area contributed by atoms with Gasteiger partial charge in [0.15, 0.2) is 11.5 Å². The summed E-state index contributed by atoms with van der Waals surface area (Å²) < 4.78 is 5.89. The molecule has 112 valence electrons. The van der Waals surface area contributed by atoms with Gasteiger partial charge in [0, 0.05) is 30.9 Å². The van der Waals surface area contributed by atoms with Gasteiger partial charge in [-0.25, -0.2) is 15.0 Å². The summed E-state index contributed by atoms with van der Waals surface area (Å²) in [7, 11) is 0. The average molecular weight is 303 g/mol. The summed E-state index contributed by atoms with van der Waals surface area (Å²) in [5.74, 6) is 2.14. The van der Waals surface area contributed by atoms with Crippen LogP contribution in [0.15, 0.2) is 47.1 Å². The molecule has 1 aromatic carbocycles. The number of fused-ring (bicyclic) bond motifs is 1. The molecular formula is C17H13N5O. The average Bonchev–Trinajstić information content (AvgIpc) is 3.05. The monoisotopic (exact) mass is 303 g/mol. The fourth-order valence-corrected chi connectivity index (χ4v) is 2.72. The predicted octanol–water partition coefficient (Wildman–Crippen LogP) is 2.57. The van der Waals surface area contributed by atoms with E-state index in [1.54, 1.807) is 6.20 Å². The maximum Gasteiger partial charge on any atom is 0.226 e. The van der Waals surface area contributed by atoms with Crippen LogP contribution in [-0.4, -0.2) is 21.5 Å². The van der Waals surface area contributed by atoms with E-state index < -0.39 is 0 Å². The summed E-state index contributed by atoms with van der Waals surface area (Å²) >= 11 is 0. The molecule has 0 N–H and O–H groups in total. The van der Waals surface area contributed by atoms with Crippen molar-refractivity contribution in [1.29, 1.82) is 5.26 Å². The second-order valence-electron chi connectivity index (χ2n) is 5.27. The fraction of sp³-hybridized carbons (Fsp3) is 0.176. The molecule has 0 aliphatic carbocycles. The molecule has 3 aromatic rings. The van der Waals surface area contributed by atoms with E-state index in [0.29, 0.717) is 23.9 Å². The molecule has 23 heavy (non-hydrogen) atoms. The van der Waals surface area contributed by atoms with Crippen LogP contribution in [0.2, 0.25) is 0 Å². The van der Waals surface area contributed by atoms with Crippen LogP contribution in [0.25, 0.3) is 11.5 Å². The second kappa shape index (κ2) is 5.54. The van der Waals surface area contributed by atoms with Crippen LogP contribution >= 0.6 is 0 Å². The highest BCUT2D eigenvalue weighted by Crippen LogP contribution is 2.28. The Bertz CT molecular complexity index is 881. The van der Waals surface area contributed by atoms with Gasteiger partial charge in [-0.05, 0) is 12.1 Å². The number of anilines is 1. The highest BCUT2D eigenvalue weighted by Gasteiger charge is 2.25. The Balaban J connectivity index is 1.65. The Kier molecular flexibility index (Phi) is 3.24. The molecule has 0 fully saturated rings. The summed E-state index contributed by atoms with van der Waals surface area (Å²) in [6.07, 6.45) is 3.86. The number of nitrogens with zero attached hydrogens (tertiary/aromatic N) is 5. The van der Waals surface area contributed by atoms with Crippen molar-refractivity contribution in [2.24, 2.45) is 0 Å². The first kappa shape index (κ1) is 13.5. The van der Waals surface area contributed by atoms with Gasteiger partial charge < -0.3 is 9.32 Å². The lowest BCUT2D eigenvalue weighted by molar-refractivity contribution is 0.498. The van der Waals surface area contributed by atoms with Crippen molar-refractivity contribution in [3.8, 4) is 17.5 Å². The van der Waals surface area contributed by atoms with E-state index >= 15 is 0 Å². The van der Waals surface area contributed by atoms with Crippen LogP contribution in [0.3, 0.4) is 0 Å². The Morgan fingerprint density at radius 3 is 2.78 bits per heavy atom. The number of nitriles is 1. The lowest BCUT2D eigenvalue weighted by atomic mass is 10.1. The van der Waals surface area contributed by atoms with Gasteiger partial charge in [-0.15, -0.1) is 0 Å². The maximum absolute atomic E-state index is 9.18. The molecular weight excluding hydrogens is 290 g/mol. The minimum absolute atomic E-state index is 0.336. The Labute approximate surface area is 133 Å². The molecule has 0 bridgehead atoms. The van der Waals surface area contributed by atoms with E-state index in [0.717, 1.165) is 30.0 Å². The zero-order valence-corrected chi connectivity index (χ0v) is 12.3. The van der Waals surface area contributed by atoms with Crippen LogP contribution in [0, 0.1) is 11.3 Å². The third kappa shape index (κ3) is 2.42. The van der Waals surface area contributed by atoms with Gasteiger partial charge in [0.2, 0.25) is 5.89 Å². The summed E-state index contributed by atoms with van der Waals surface area (Å²) in [5.41, 5.74) is 2.19. The Hall–Kier alpha value is -3.20. The van der Waals surface area contributed by atoms with Gasteiger partial charge in [-0.2, -0.15) is 5.26 Å². The van der Waals surface area contributed by atoms with Gasteiger partial charge in [0.05, 0.1) is 6.54 Å². The normalized spacial score (nSPS) is 13.4. The maximum atomic E-state index is 9.18. The zero-order valence-electron chi connectivity index (χ0n) is 12.3. The highest BCUT2D eigenvalue weighted by atomic mass is 16.4. The van der Waals surface area contributed by atoms with E-state index in [4.69, 9.17) is 4.42 Å². The number of oxazole rings is 1. The van der Waals surface area contributed by atoms with Crippen LogP contribution in [0.4, 0.5) is 5.82 Å². The van der Waals surface area contributed by atoms with E-state index in [9.17, 15) is 5.26 Å². The molecule has 1 aliphatic heterocycles. The summed E-state index contributed by atoms with van der Waals surface area (Å²) in [4.78, 5) is 15.0. The number of hydrogen-bond donors (Lipinski definition) is 0. The summed E-state index contributed by atoms with van der Waals surface area (Å²) in [6.45, 7) is 1.29. The van der Waals surface area contributed by atoms with Gasteiger partial charge >= 0.3 is 0 Å². The van der Waals surface area contributed by atoms with Gasteiger partial charge in [0.1, 0.15) is 17.5 Å². The quantitative estimate of drug-likeness (QED) is 0.724. The minimum atomic E-state index is 0.336. The summed E-state index contributed by atoms with van der Waals surface area (Å²) in [5, 5.41) is 9.18. The number of aromatic nitrogens is 3. The van der Waals surface area contributed by atoms with Crippen molar-refractivity contribution in [2.45, 2.75) is 13.0 Å². The summed E-state index contributed by atoms with van der Waals surface area (Å²) in [6, 6.07) is 11.9. The van der Waals surface area contributed by atoms with Crippen LogP contribution in [-0.2, 0) is 13.0 Å². The molecule has 6 nitrogen and oxygen atoms in total. The molecule has 1 aliphatic rings. The molecule has 6 heteroatoms. The molecule has 3 heterocycles. The molecule has 2 aromatic heterocycles. The first-order chi connectivity index (χ1) is 11.3. The van der Waals surface area contributed by atoms with Crippen molar-refractivity contribution in [1.82, 2.24) is 15.0 Å². The van der Waals surface area contributed by atoms with Crippen LogP contribution in [0.5, 0.6) is 0 Å². The first-order valence-corrected chi connectivity index (χ1v) is 7.35. The van der Waals surface area contributed by atoms with Crippen molar-refractivity contribution in [2.75, 3.05) is 11.4 Å². The van der Waals surface area contributed by atoms with Crippen LogP contribution < -0.4 is 4.90 Å². The van der Waals surface area contributed by atoms with Crippen molar-refractivity contribution < 1.29 is 4.42 Å². The highest BCUT2D eigenvalue weighted by molar-refractivity contribution is 5.55. The lowest BCUT2D eigenvalue weighted by Gasteiger charge is -2.26. The minimum Gasteiger partial charge on any atom is -0.441 e. The third-order valence-electron chi connectivity index (χ3n) is 3.83. The molecule has 0 atom stereocenters. The molecule has 0 unspecified atom stereocenters. The van der Waals surface area contributed by atoms with Gasteiger partial charge in [0.25, 0.3) is 0 Å². The topological polar surface area (TPSA) is 78.8 Å². The van der Waals surface area contributed by atoms with Crippen molar-refractivity contribution >= 4 is 5.82 Å². The van der Waals surface area contributed by atoms with Gasteiger partial charge in [-0.1, -0.05) is 18.2 Å². The van der Waals surface area contributed by atoms with E-state index in [2.05, 4.69) is 21.0 Å². The largest absolute Gasteiger partial charge is 0.441 e. The fourth-order valence-electron chi connectivity index (χ4n) is 2.72. The Morgan fingerprint density at radius 2 is 1.96 bits per heavy atom. The molecule has 0 radical (unpaired) electrons. The molecule has 0 amide bonds. The number of hydrogen-bond acceptors (Lipinski definition) is 6. The van der Waals surface area contributed by atoms with Gasteiger partial charge in [-0.3, -0.25) is 0 Å². The Morgan fingerprint density at radius 1 is 1.13 bits per heavy atom. The van der Waals surface area contributed by atoms with E-state index in [1.807, 2.05) is 35.2 Å². The lowest BCUT2D eigenvalue weighted by Crippen LogP contribution is -2.31. The zero-order chi connectivity index (χ0) is 15.6. The first-order valence-electron chi connectivity index (χ1n) is 7.35. The standard InChI is InChI=1S/C17H13N5O/c18-10-13-16(20-8-7-19-13)22-9-6-15-14(11-22)21-17(23-15)12-4-2-1-3-5-12/h1-5,7-8H,6,9,11H2. The molecule has 4 rings (SSSR count). The predicted molar refractivity (Wildman–Crippen MR) is 83.4 cm³/mol. The van der Waals surface area contributed by atoms with E-state index in [1.165, 1.54) is 6.20 Å².